The van der Waals surface area contributed by atoms with Crippen LogP contribution in [0, 0.1) is 0 Å². The number of halogens is 1. The van der Waals surface area contributed by atoms with Crippen LogP contribution in [0.15, 0.2) is 22.7 Å². The summed E-state index contributed by atoms with van der Waals surface area (Å²) in [6.45, 7) is 4.55. The Morgan fingerprint density at radius 2 is 1.80 bits per heavy atom. The van der Waals surface area contributed by atoms with Gasteiger partial charge in [0.05, 0.1) is 0 Å². The van der Waals surface area contributed by atoms with Crippen molar-refractivity contribution in [1.29, 1.82) is 0 Å². The highest BCUT2D eigenvalue weighted by Gasteiger charge is 2.14. The third-order valence-corrected chi connectivity index (χ3v) is 4.74. The summed E-state index contributed by atoms with van der Waals surface area (Å²) in [5.41, 5.74) is 8.97. The lowest BCUT2D eigenvalue weighted by Crippen LogP contribution is -2.29. The lowest BCUT2D eigenvalue weighted by molar-refractivity contribution is 0.554. The highest BCUT2D eigenvalue weighted by atomic mass is 79.9. The van der Waals surface area contributed by atoms with E-state index < -0.39 is 0 Å². The molecule has 1 aromatic rings. The van der Waals surface area contributed by atoms with Gasteiger partial charge < -0.3 is 10.6 Å². The van der Waals surface area contributed by atoms with Gasteiger partial charge >= 0.3 is 0 Å². The van der Waals surface area contributed by atoms with Crippen LogP contribution in [-0.2, 0) is 6.42 Å². The third-order valence-electron chi connectivity index (χ3n) is 4.24. The molecule has 3 heteroatoms. The Bertz CT molecular complexity index is 411. The molecule has 0 aliphatic carbocycles. The fourth-order valence-electron chi connectivity index (χ4n) is 2.94. The maximum atomic E-state index is 6.18. The van der Waals surface area contributed by atoms with Crippen LogP contribution in [0.2, 0.25) is 0 Å². The molecule has 0 aromatic heterocycles. The van der Waals surface area contributed by atoms with Crippen LogP contribution in [0.4, 0.5) is 5.69 Å². The van der Waals surface area contributed by atoms with Crippen molar-refractivity contribution in [3.8, 4) is 0 Å². The number of benzene rings is 1. The van der Waals surface area contributed by atoms with Gasteiger partial charge in [-0.1, -0.05) is 42.1 Å². The molecule has 1 heterocycles. The van der Waals surface area contributed by atoms with E-state index in [1.54, 1.807) is 0 Å². The average Bonchev–Trinajstić information content (AvgIpc) is 2.39. The molecule has 0 saturated carbocycles. The Labute approximate surface area is 131 Å². The van der Waals surface area contributed by atoms with E-state index in [1.165, 1.54) is 56.4 Å². The first-order chi connectivity index (χ1) is 9.70. The van der Waals surface area contributed by atoms with Gasteiger partial charge in [0.15, 0.2) is 0 Å². The monoisotopic (exact) mass is 338 g/mol. The Hall–Kier alpha value is -0.540. The summed E-state index contributed by atoms with van der Waals surface area (Å²) in [5.74, 6) is 0. The molecule has 2 N–H and O–H groups in total. The highest BCUT2D eigenvalue weighted by Crippen LogP contribution is 2.28. The zero-order chi connectivity index (χ0) is 14.4. The summed E-state index contributed by atoms with van der Waals surface area (Å²) in [7, 11) is 0. The molecule has 2 rings (SSSR count). The van der Waals surface area contributed by atoms with E-state index in [0.717, 1.165) is 17.3 Å². The molecule has 0 radical (unpaired) electrons. The molecule has 1 aromatic carbocycles. The summed E-state index contributed by atoms with van der Waals surface area (Å²) >= 11 is 3.60. The summed E-state index contributed by atoms with van der Waals surface area (Å²) in [5, 5.41) is 0. The van der Waals surface area contributed by atoms with Gasteiger partial charge in [-0.25, -0.2) is 0 Å². The molecule has 1 unspecified atom stereocenters. The fraction of sp³-hybridized carbons (Fsp3) is 0.647. The van der Waals surface area contributed by atoms with E-state index in [9.17, 15) is 0 Å². The molecule has 1 atom stereocenters. The second-order valence-electron chi connectivity index (χ2n) is 5.90. The molecule has 2 nitrogen and oxygen atoms in total. The SMILES string of the molecule is CCC(N)Cc1cc(Br)ccc1N1CCCCCCC1. The minimum Gasteiger partial charge on any atom is -0.371 e. The number of hydrogen-bond donors (Lipinski definition) is 1. The van der Waals surface area contributed by atoms with Gasteiger partial charge in [-0.15, -0.1) is 0 Å². The Morgan fingerprint density at radius 1 is 1.15 bits per heavy atom. The van der Waals surface area contributed by atoms with Crippen molar-refractivity contribution in [2.75, 3.05) is 18.0 Å². The third kappa shape index (κ3) is 4.49. The summed E-state index contributed by atoms with van der Waals surface area (Å²) < 4.78 is 1.16. The minimum absolute atomic E-state index is 0.262. The zero-order valence-corrected chi connectivity index (χ0v) is 14.2. The van der Waals surface area contributed by atoms with Crippen molar-refractivity contribution >= 4 is 21.6 Å². The first-order valence-electron chi connectivity index (χ1n) is 7.99. The van der Waals surface area contributed by atoms with Crippen LogP contribution in [0.3, 0.4) is 0 Å². The van der Waals surface area contributed by atoms with Crippen molar-refractivity contribution in [1.82, 2.24) is 0 Å². The Morgan fingerprint density at radius 3 is 2.45 bits per heavy atom. The van der Waals surface area contributed by atoms with Crippen molar-refractivity contribution in [3.63, 3.8) is 0 Å². The topological polar surface area (TPSA) is 29.3 Å². The van der Waals surface area contributed by atoms with Crippen LogP contribution < -0.4 is 10.6 Å². The molecular formula is C17H27BrN2. The van der Waals surface area contributed by atoms with Crippen LogP contribution in [0.25, 0.3) is 0 Å². The largest absolute Gasteiger partial charge is 0.371 e. The highest BCUT2D eigenvalue weighted by molar-refractivity contribution is 9.10. The van der Waals surface area contributed by atoms with E-state index in [2.05, 4.69) is 46.0 Å². The molecule has 1 aliphatic heterocycles. The van der Waals surface area contributed by atoms with Gasteiger partial charge in [-0.2, -0.15) is 0 Å². The number of anilines is 1. The number of rotatable bonds is 4. The van der Waals surface area contributed by atoms with E-state index in [1.807, 2.05) is 0 Å². The maximum Gasteiger partial charge on any atom is 0.0400 e. The average molecular weight is 339 g/mol. The van der Waals surface area contributed by atoms with Gasteiger partial charge in [-0.3, -0.25) is 0 Å². The van der Waals surface area contributed by atoms with Crippen LogP contribution in [0.5, 0.6) is 0 Å². The first-order valence-corrected chi connectivity index (χ1v) is 8.79. The van der Waals surface area contributed by atoms with E-state index in [0.29, 0.717) is 0 Å². The van der Waals surface area contributed by atoms with Crippen molar-refractivity contribution in [2.24, 2.45) is 5.73 Å². The fourth-order valence-corrected chi connectivity index (χ4v) is 3.35. The molecule has 20 heavy (non-hydrogen) atoms. The Balaban J connectivity index is 2.19. The predicted molar refractivity (Wildman–Crippen MR) is 91.4 cm³/mol. The van der Waals surface area contributed by atoms with Crippen molar-refractivity contribution in [3.05, 3.63) is 28.2 Å². The zero-order valence-electron chi connectivity index (χ0n) is 12.6. The van der Waals surface area contributed by atoms with Gasteiger partial charge in [0, 0.05) is 29.3 Å². The molecule has 0 bridgehead atoms. The van der Waals surface area contributed by atoms with E-state index in [-0.39, 0.29) is 6.04 Å². The number of nitrogens with two attached hydrogens (primary N) is 1. The van der Waals surface area contributed by atoms with E-state index >= 15 is 0 Å². The molecule has 1 aliphatic rings. The van der Waals surface area contributed by atoms with Gasteiger partial charge in [0.2, 0.25) is 0 Å². The van der Waals surface area contributed by atoms with Crippen molar-refractivity contribution < 1.29 is 0 Å². The molecule has 1 saturated heterocycles. The lowest BCUT2D eigenvalue weighted by Gasteiger charge is -2.29. The quantitative estimate of drug-likeness (QED) is 0.875. The molecule has 1 fully saturated rings. The molecule has 0 amide bonds. The molecule has 112 valence electrons. The van der Waals surface area contributed by atoms with Crippen molar-refractivity contribution in [2.45, 2.75) is 57.9 Å². The van der Waals surface area contributed by atoms with Crippen LogP contribution in [0.1, 0.15) is 51.0 Å². The standard InChI is InChI=1S/C17H27BrN2/c1-2-16(19)13-14-12-15(18)8-9-17(14)20-10-6-4-3-5-7-11-20/h8-9,12,16H,2-7,10-11,13,19H2,1H3. The smallest absolute Gasteiger partial charge is 0.0400 e. The normalized spacial score (nSPS) is 18.4. The second kappa shape index (κ2) is 8.04. The van der Waals surface area contributed by atoms with Crippen LogP contribution in [-0.4, -0.2) is 19.1 Å². The maximum absolute atomic E-state index is 6.18. The van der Waals surface area contributed by atoms with Crippen LogP contribution >= 0.6 is 15.9 Å². The van der Waals surface area contributed by atoms with Gasteiger partial charge in [0.25, 0.3) is 0 Å². The molecule has 0 spiro atoms. The first kappa shape index (κ1) is 15.8. The minimum atomic E-state index is 0.262. The second-order valence-corrected chi connectivity index (χ2v) is 6.82. The number of hydrogen-bond acceptors (Lipinski definition) is 2. The summed E-state index contributed by atoms with van der Waals surface area (Å²) in [6.07, 6.45) is 8.79. The predicted octanol–water partition coefficient (Wildman–Crippen LogP) is 4.50. The summed E-state index contributed by atoms with van der Waals surface area (Å²) in [4.78, 5) is 2.57. The van der Waals surface area contributed by atoms with Gasteiger partial charge in [0.1, 0.15) is 0 Å². The van der Waals surface area contributed by atoms with E-state index in [4.69, 9.17) is 5.73 Å². The Kier molecular flexibility index (Phi) is 6.37. The summed E-state index contributed by atoms with van der Waals surface area (Å²) in [6, 6.07) is 6.94. The van der Waals surface area contributed by atoms with Gasteiger partial charge in [-0.05, 0) is 49.4 Å². The lowest BCUT2D eigenvalue weighted by atomic mass is 10.0. The number of nitrogens with zero attached hydrogens (tertiary/aromatic N) is 1. The molecular weight excluding hydrogens is 312 g/mol.